The molecule has 6 heteroatoms. The number of hydrazone groups is 1. The molecule has 2 aromatic carbocycles. The van der Waals surface area contributed by atoms with Crippen molar-refractivity contribution in [1.82, 2.24) is 10.4 Å². The van der Waals surface area contributed by atoms with Crippen LogP contribution in [0.4, 0.5) is 0 Å². The van der Waals surface area contributed by atoms with Crippen LogP contribution in [-0.2, 0) is 11.2 Å². The Morgan fingerprint density at radius 1 is 1.17 bits per heavy atom. The summed E-state index contributed by atoms with van der Waals surface area (Å²) in [4.78, 5) is 15.1. The van der Waals surface area contributed by atoms with E-state index in [1.807, 2.05) is 24.3 Å². The molecule has 3 rings (SSSR count). The van der Waals surface area contributed by atoms with Gasteiger partial charge in [0.05, 0.1) is 12.6 Å². The molecule has 0 bridgehead atoms. The van der Waals surface area contributed by atoms with Crippen molar-refractivity contribution in [2.45, 2.75) is 6.42 Å². The topological polar surface area (TPSA) is 97.7 Å². The lowest BCUT2D eigenvalue weighted by Crippen LogP contribution is -2.19. The van der Waals surface area contributed by atoms with Crippen molar-refractivity contribution in [2.75, 3.05) is 0 Å². The highest BCUT2D eigenvalue weighted by atomic mass is 16.3. The van der Waals surface area contributed by atoms with Crippen LogP contribution in [0.5, 0.6) is 11.5 Å². The Bertz CT molecular complexity index is 884. The van der Waals surface area contributed by atoms with Crippen molar-refractivity contribution in [2.24, 2.45) is 5.10 Å². The van der Waals surface area contributed by atoms with Gasteiger partial charge in [0.1, 0.15) is 0 Å². The summed E-state index contributed by atoms with van der Waals surface area (Å²) >= 11 is 0. The van der Waals surface area contributed by atoms with E-state index in [0.717, 1.165) is 16.5 Å². The number of carbonyl (C=O) groups excluding carboxylic acids is 1. The number of phenolic OH excluding ortho intramolecular Hbond substituents is 2. The summed E-state index contributed by atoms with van der Waals surface area (Å²) in [7, 11) is 0. The second-order valence-corrected chi connectivity index (χ2v) is 5.04. The number of fused-ring (bicyclic) bond motifs is 1. The van der Waals surface area contributed by atoms with E-state index in [9.17, 15) is 15.0 Å². The lowest BCUT2D eigenvalue weighted by atomic mass is 10.1. The molecule has 0 saturated carbocycles. The Hall–Kier alpha value is -3.28. The van der Waals surface area contributed by atoms with Crippen molar-refractivity contribution in [3.05, 3.63) is 59.8 Å². The predicted octanol–water partition coefficient (Wildman–Crippen LogP) is 2.27. The fourth-order valence-electron chi connectivity index (χ4n) is 2.32. The van der Waals surface area contributed by atoms with Crippen LogP contribution in [0.3, 0.4) is 0 Å². The molecule has 0 atom stereocenters. The number of phenols is 2. The summed E-state index contributed by atoms with van der Waals surface area (Å²) in [6.45, 7) is 0. The molecule has 0 aliphatic heterocycles. The Morgan fingerprint density at radius 2 is 2.00 bits per heavy atom. The highest BCUT2D eigenvalue weighted by Gasteiger charge is 2.08. The SMILES string of the molecule is O=C(Cc1c[nH]c2ccccc12)NN=Cc1cccc(O)c1O. The van der Waals surface area contributed by atoms with E-state index in [2.05, 4.69) is 15.5 Å². The number of benzene rings is 2. The van der Waals surface area contributed by atoms with Crippen LogP contribution in [0.2, 0.25) is 0 Å². The van der Waals surface area contributed by atoms with Gasteiger partial charge in [-0.1, -0.05) is 24.3 Å². The average Bonchev–Trinajstić information content (AvgIpc) is 2.95. The molecular formula is C17H15N3O3. The minimum atomic E-state index is -0.276. The first-order chi connectivity index (χ1) is 11.1. The summed E-state index contributed by atoms with van der Waals surface area (Å²) < 4.78 is 0. The van der Waals surface area contributed by atoms with Crippen LogP contribution in [0.1, 0.15) is 11.1 Å². The third kappa shape index (κ3) is 3.16. The summed E-state index contributed by atoms with van der Waals surface area (Å²) in [5.74, 6) is -0.785. The van der Waals surface area contributed by atoms with Gasteiger partial charge in [0.2, 0.25) is 5.91 Å². The van der Waals surface area contributed by atoms with E-state index in [1.165, 1.54) is 12.3 Å². The number of para-hydroxylation sites is 2. The molecule has 4 N–H and O–H groups in total. The van der Waals surface area contributed by atoms with Crippen molar-refractivity contribution in [3.8, 4) is 11.5 Å². The third-order valence-corrected chi connectivity index (χ3v) is 3.46. The first kappa shape index (κ1) is 14.6. The van der Waals surface area contributed by atoms with E-state index in [0.29, 0.717) is 5.56 Å². The molecule has 1 heterocycles. The average molecular weight is 309 g/mol. The van der Waals surface area contributed by atoms with Crippen molar-refractivity contribution >= 4 is 23.0 Å². The first-order valence-corrected chi connectivity index (χ1v) is 7.03. The number of hydrogen-bond acceptors (Lipinski definition) is 4. The zero-order valence-corrected chi connectivity index (χ0v) is 12.2. The van der Waals surface area contributed by atoms with E-state index in [4.69, 9.17) is 0 Å². The van der Waals surface area contributed by atoms with Gasteiger partial charge in [-0.3, -0.25) is 4.79 Å². The molecule has 0 unspecified atom stereocenters. The second-order valence-electron chi connectivity index (χ2n) is 5.04. The Balaban J connectivity index is 1.66. The fourth-order valence-corrected chi connectivity index (χ4v) is 2.32. The van der Waals surface area contributed by atoms with Crippen molar-refractivity contribution < 1.29 is 15.0 Å². The van der Waals surface area contributed by atoms with Gasteiger partial charge >= 0.3 is 0 Å². The Kier molecular flexibility index (Phi) is 3.97. The monoisotopic (exact) mass is 309 g/mol. The highest BCUT2D eigenvalue weighted by Crippen LogP contribution is 2.26. The van der Waals surface area contributed by atoms with Gasteiger partial charge in [0.15, 0.2) is 11.5 Å². The van der Waals surface area contributed by atoms with Crippen molar-refractivity contribution in [1.29, 1.82) is 0 Å². The van der Waals surface area contributed by atoms with Gasteiger partial charge in [-0.15, -0.1) is 0 Å². The molecule has 6 nitrogen and oxygen atoms in total. The molecule has 0 saturated heterocycles. The summed E-state index contributed by atoms with van der Waals surface area (Å²) in [5, 5.41) is 23.8. The molecule has 1 amide bonds. The maximum atomic E-state index is 11.9. The van der Waals surface area contributed by atoms with E-state index in [-0.39, 0.29) is 23.8 Å². The van der Waals surface area contributed by atoms with Crippen LogP contribution < -0.4 is 5.43 Å². The Morgan fingerprint density at radius 3 is 2.87 bits per heavy atom. The Labute approximate surface area is 132 Å². The lowest BCUT2D eigenvalue weighted by molar-refractivity contribution is -0.120. The van der Waals surface area contributed by atoms with Crippen LogP contribution >= 0.6 is 0 Å². The smallest absolute Gasteiger partial charge is 0.244 e. The molecule has 23 heavy (non-hydrogen) atoms. The second kappa shape index (κ2) is 6.23. The van der Waals surface area contributed by atoms with Crippen LogP contribution in [0, 0.1) is 0 Å². The molecule has 1 aromatic heterocycles. The minimum Gasteiger partial charge on any atom is -0.504 e. The van der Waals surface area contributed by atoms with Gasteiger partial charge in [-0.05, 0) is 23.8 Å². The fraction of sp³-hybridized carbons (Fsp3) is 0.0588. The van der Waals surface area contributed by atoms with Crippen LogP contribution in [0.15, 0.2) is 53.8 Å². The van der Waals surface area contributed by atoms with Gasteiger partial charge in [0.25, 0.3) is 0 Å². The molecule has 0 fully saturated rings. The number of hydrogen-bond donors (Lipinski definition) is 4. The third-order valence-electron chi connectivity index (χ3n) is 3.46. The molecule has 0 spiro atoms. The van der Waals surface area contributed by atoms with Crippen LogP contribution in [-0.4, -0.2) is 27.3 Å². The highest BCUT2D eigenvalue weighted by molar-refractivity contribution is 5.90. The van der Waals surface area contributed by atoms with Gasteiger partial charge in [-0.25, -0.2) is 5.43 Å². The number of aromatic hydroxyl groups is 2. The van der Waals surface area contributed by atoms with E-state index < -0.39 is 0 Å². The minimum absolute atomic E-state index is 0.188. The number of nitrogens with zero attached hydrogens (tertiary/aromatic N) is 1. The number of carbonyl (C=O) groups is 1. The number of amides is 1. The van der Waals surface area contributed by atoms with Crippen molar-refractivity contribution in [3.63, 3.8) is 0 Å². The molecule has 0 radical (unpaired) electrons. The maximum absolute atomic E-state index is 11.9. The molecular weight excluding hydrogens is 294 g/mol. The van der Waals surface area contributed by atoms with Gasteiger partial charge in [-0.2, -0.15) is 5.10 Å². The van der Waals surface area contributed by atoms with E-state index in [1.54, 1.807) is 18.3 Å². The molecule has 0 aliphatic carbocycles. The normalized spacial score (nSPS) is 11.1. The number of H-pyrrole nitrogens is 1. The largest absolute Gasteiger partial charge is 0.504 e. The summed E-state index contributed by atoms with van der Waals surface area (Å²) in [6.07, 6.45) is 3.27. The van der Waals surface area contributed by atoms with Crippen LogP contribution in [0.25, 0.3) is 10.9 Å². The number of nitrogens with one attached hydrogen (secondary N) is 2. The molecule has 116 valence electrons. The molecule has 0 aliphatic rings. The standard InChI is InChI=1S/C17H15N3O3/c21-15-7-3-4-11(17(15)23)10-19-20-16(22)8-12-9-18-14-6-2-1-5-13(12)14/h1-7,9-10,18,21,23H,8H2,(H,20,22). The quantitative estimate of drug-likeness (QED) is 0.338. The number of rotatable bonds is 4. The number of aromatic amines is 1. The summed E-state index contributed by atoms with van der Waals surface area (Å²) in [6, 6.07) is 12.2. The maximum Gasteiger partial charge on any atom is 0.244 e. The van der Waals surface area contributed by atoms with E-state index >= 15 is 0 Å². The zero-order valence-electron chi connectivity index (χ0n) is 12.2. The first-order valence-electron chi connectivity index (χ1n) is 7.03. The molecule has 3 aromatic rings. The lowest BCUT2D eigenvalue weighted by Gasteiger charge is -2.01. The van der Waals surface area contributed by atoms with Gasteiger partial charge < -0.3 is 15.2 Å². The zero-order chi connectivity index (χ0) is 16.2. The predicted molar refractivity (Wildman–Crippen MR) is 87.5 cm³/mol. The summed E-state index contributed by atoms with van der Waals surface area (Å²) in [5.41, 5.74) is 4.58. The van der Waals surface area contributed by atoms with Gasteiger partial charge in [0, 0.05) is 22.7 Å². The number of aromatic nitrogens is 1.